The van der Waals surface area contributed by atoms with Gasteiger partial charge in [0.15, 0.2) is 17.1 Å². The Bertz CT molecular complexity index is 979. The van der Waals surface area contributed by atoms with Crippen LogP contribution in [-0.2, 0) is 0 Å². The first-order valence-corrected chi connectivity index (χ1v) is 8.33. The Morgan fingerprint density at radius 3 is 2.58 bits per heavy atom. The number of aromatic nitrogens is 3. The lowest BCUT2D eigenvalue weighted by Crippen LogP contribution is -2.28. The average molecular weight is 354 g/mol. The molecule has 1 unspecified atom stereocenters. The zero-order valence-corrected chi connectivity index (χ0v) is 14.8. The Hall–Kier alpha value is -3.09. The molecule has 1 atom stereocenters. The fourth-order valence-corrected chi connectivity index (χ4v) is 2.85. The van der Waals surface area contributed by atoms with Crippen molar-refractivity contribution in [3.05, 3.63) is 64.9 Å². The fourth-order valence-electron chi connectivity index (χ4n) is 2.85. The van der Waals surface area contributed by atoms with Crippen LogP contribution in [0, 0.1) is 12.7 Å². The summed E-state index contributed by atoms with van der Waals surface area (Å²) >= 11 is 0. The molecule has 0 aliphatic carbocycles. The van der Waals surface area contributed by atoms with Crippen LogP contribution in [0.25, 0.3) is 5.65 Å². The van der Waals surface area contributed by atoms with Crippen molar-refractivity contribution in [2.45, 2.75) is 33.2 Å². The van der Waals surface area contributed by atoms with Crippen LogP contribution in [0.2, 0.25) is 0 Å². The minimum absolute atomic E-state index is 0.110. The molecule has 134 valence electrons. The molecule has 26 heavy (non-hydrogen) atoms. The summed E-state index contributed by atoms with van der Waals surface area (Å²) in [6.07, 6.45) is 2.14. The van der Waals surface area contributed by atoms with Gasteiger partial charge in [0.05, 0.1) is 17.3 Å². The molecule has 1 N–H and O–H groups in total. The summed E-state index contributed by atoms with van der Waals surface area (Å²) in [5, 5.41) is 7.18. The molecule has 3 rings (SSSR count). The van der Waals surface area contributed by atoms with Gasteiger partial charge in [0, 0.05) is 12.3 Å². The van der Waals surface area contributed by atoms with E-state index in [9.17, 15) is 14.0 Å². The third kappa shape index (κ3) is 3.33. The van der Waals surface area contributed by atoms with Crippen LogP contribution in [-0.4, -0.2) is 26.3 Å². The number of aryl methyl sites for hydroxylation is 1. The molecule has 6 nitrogen and oxygen atoms in total. The first-order chi connectivity index (χ1) is 12.4. The molecule has 2 heterocycles. The molecule has 0 spiro atoms. The highest BCUT2D eigenvalue weighted by Gasteiger charge is 2.19. The first kappa shape index (κ1) is 17.7. The molecule has 3 aromatic rings. The number of fused-ring (bicyclic) bond motifs is 1. The summed E-state index contributed by atoms with van der Waals surface area (Å²) in [7, 11) is 0. The number of nitrogens with one attached hydrogen (secondary N) is 1. The summed E-state index contributed by atoms with van der Waals surface area (Å²) in [6.45, 7) is 5.15. The van der Waals surface area contributed by atoms with E-state index in [4.69, 9.17) is 0 Å². The number of benzene rings is 1. The maximum absolute atomic E-state index is 13.1. The average Bonchev–Trinajstić information content (AvgIpc) is 3.06. The number of Topliss-reactive ketones (excluding diaryl/α,β-unsaturated/α-hetero) is 1. The summed E-state index contributed by atoms with van der Waals surface area (Å²) in [6, 6.07) is 7.35. The molecule has 2 aromatic heterocycles. The van der Waals surface area contributed by atoms with Gasteiger partial charge in [-0.05, 0) is 38.0 Å². The number of carbonyl (C=O) groups excluding carboxylic acids is 2. The zero-order chi connectivity index (χ0) is 18.8. The van der Waals surface area contributed by atoms with E-state index in [1.54, 1.807) is 25.1 Å². The Kier molecular flexibility index (Phi) is 4.79. The maximum atomic E-state index is 13.1. The van der Waals surface area contributed by atoms with E-state index in [1.807, 2.05) is 6.92 Å². The minimum atomic E-state index is -0.351. The predicted octanol–water partition coefficient (Wildman–Crippen LogP) is 3.26. The van der Waals surface area contributed by atoms with Crippen LogP contribution >= 0.6 is 0 Å². The number of rotatable bonds is 5. The van der Waals surface area contributed by atoms with Crippen molar-refractivity contribution in [1.29, 1.82) is 0 Å². The van der Waals surface area contributed by atoms with Gasteiger partial charge in [-0.25, -0.2) is 13.9 Å². The molecule has 0 saturated carbocycles. The fraction of sp³-hybridized carbons (Fsp3) is 0.263. The largest absolute Gasteiger partial charge is 0.344 e. The Labute approximate surface area is 150 Å². The molecule has 1 amide bonds. The summed E-state index contributed by atoms with van der Waals surface area (Å²) in [5.41, 5.74) is 2.62. The van der Waals surface area contributed by atoms with Gasteiger partial charge < -0.3 is 5.32 Å². The van der Waals surface area contributed by atoms with Crippen molar-refractivity contribution in [2.24, 2.45) is 0 Å². The lowest BCUT2D eigenvalue weighted by molar-refractivity contribution is 0.0929. The predicted molar refractivity (Wildman–Crippen MR) is 94.6 cm³/mol. The second-order valence-corrected chi connectivity index (χ2v) is 6.10. The first-order valence-electron chi connectivity index (χ1n) is 8.33. The standard InChI is InChI=1S/C19H19FN4O2/c1-4-16(13-5-7-14(20)8-6-13)22-19(26)17-9-18-21-10-15(12(3)25)11(2)24(18)23-17/h5-10,16H,4H2,1-3H3,(H,22,26). The number of amides is 1. The van der Waals surface area contributed by atoms with Crippen molar-refractivity contribution in [3.8, 4) is 0 Å². The van der Waals surface area contributed by atoms with Gasteiger partial charge >= 0.3 is 0 Å². The quantitative estimate of drug-likeness (QED) is 0.714. The van der Waals surface area contributed by atoms with Crippen molar-refractivity contribution in [1.82, 2.24) is 19.9 Å². The number of hydrogen-bond donors (Lipinski definition) is 1. The lowest BCUT2D eigenvalue weighted by Gasteiger charge is -2.16. The molecular weight excluding hydrogens is 335 g/mol. The maximum Gasteiger partial charge on any atom is 0.272 e. The van der Waals surface area contributed by atoms with Crippen molar-refractivity contribution in [2.75, 3.05) is 0 Å². The van der Waals surface area contributed by atoms with Gasteiger partial charge in [0.25, 0.3) is 5.91 Å². The number of hydrogen-bond acceptors (Lipinski definition) is 4. The molecule has 1 aromatic carbocycles. The molecule has 0 aliphatic heterocycles. The molecular formula is C19H19FN4O2. The molecule has 7 heteroatoms. The Morgan fingerprint density at radius 1 is 1.27 bits per heavy atom. The zero-order valence-electron chi connectivity index (χ0n) is 14.8. The van der Waals surface area contributed by atoms with Crippen LogP contribution in [0.4, 0.5) is 4.39 Å². The Balaban J connectivity index is 1.88. The van der Waals surface area contributed by atoms with E-state index >= 15 is 0 Å². The Morgan fingerprint density at radius 2 is 1.96 bits per heavy atom. The van der Waals surface area contributed by atoms with E-state index in [2.05, 4.69) is 15.4 Å². The van der Waals surface area contributed by atoms with Gasteiger partial charge in [-0.2, -0.15) is 5.10 Å². The summed E-state index contributed by atoms with van der Waals surface area (Å²) in [5.74, 6) is -0.783. The lowest BCUT2D eigenvalue weighted by atomic mass is 10.0. The van der Waals surface area contributed by atoms with Crippen LogP contribution < -0.4 is 5.32 Å². The van der Waals surface area contributed by atoms with Crippen molar-refractivity contribution >= 4 is 17.3 Å². The molecule has 0 radical (unpaired) electrons. The van der Waals surface area contributed by atoms with Crippen LogP contribution in [0.1, 0.15) is 58.4 Å². The summed E-state index contributed by atoms with van der Waals surface area (Å²) in [4.78, 5) is 28.4. The van der Waals surface area contributed by atoms with E-state index in [0.29, 0.717) is 23.3 Å². The van der Waals surface area contributed by atoms with Crippen molar-refractivity contribution in [3.63, 3.8) is 0 Å². The molecule has 0 fully saturated rings. The normalized spacial score (nSPS) is 12.2. The smallest absolute Gasteiger partial charge is 0.272 e. The van der Waals surface area contributed by atoms with Gasteiger partial charge in [-0.15, -0.1) is 0 Å². The van der Waals surface area contributed by atoms with Crippen molar-refractivity contribution < 1.29 is 14.0 Å². The third-order valence-electron chi connectivity index (χ3n) is 4.32. The van der Waals surface area contributed by atoms with Crippen LogP contribution in [0.15, 0.2) is 36.5 Å². The van der Waals surface area contributed by atoms with Gasteiger partial charge in [-0.1, -0.05) is 19.1 Å². The number of halogens is 1. The van der Waals surface area contributed by atoms with Crippen LogP contribution in [0.5, 0.6) is 0 Å². The van der Waals surface area contributed by atoms with E-state index in [-0.39, 0.29) is 29.2 Å². The van der Waals surface area contributed by atoms with E-state index in [0.717, 1.165) is 5.56 Å². The monoisotopic (exact) mass is 354 g/mol. The van der Waals surface area contributed by atoms with E-state index in [1.165, 1.54) is 29.8 Å². The second-order valence-electron chi connectivity index (χ2n) is 6.10. The highest BCUT2D eigenvalue weighted by Crippen LogP contribution is 2.18. The topological polar surface area (TPSA) is 76.4 Å². The minimum Gasteiger partial charge on any atom is -0.344 e. The third-order valence-corrected chi connectivity index (χ3v) is 4.32. The summed E-state index contributed by atoms with van der Waals surface area (Å²) < 4.78 is 14.6. The van der Waals surface area contributed by atoms with E-state index < -0.39 is 0 Å². The molecule has 0 aliphatic rings. The number of carbonyl (C=O) groups is 2. The number of ketones is 1. The van der Waals surface area contributed by atoms with Crippen LogP contribution in [0.3, 0.4) is 0 Å². The highest BCUT2D eigenvalue weighted by atomic mass is 19.1. The molecule has 0 saturated heterocycles. The van der Waals surface area contributed by atoms with Gasteiger partial charge in [0.1, 0.15) is 5.82 Å². The SMILES string of the molecule is CCC(NC(=O)c1cc2ncc(C(C)=O)c(C)n2n1)c1ccc(F)cc1. The van der Waals surface area contributed by atoms with Gasteiger partial charge in [0.2, 0.25) is 0 Å². The second kappa shape index (κ2) is 7.03. The van der Waals surface area contributed by atoms with Gasteiger partial charge in [-0.3, -0.25) is 9.59 Å². The number of nitrogens with zero attached hydrogens (tertiary/aromatic N) is 3. The highest BCUT2D eigenvalue weighted by molar-refractivity contribution is 5.96. The molecule has 0 bridgehead atoms.